The Morgan fingerprint density at radius 1 is 1.21 bits per heavy atom. The van der Waals surface area contributed by atoms with Crippen LogP contribution in [0, 0.1) is 19.8 Å². The molecule has 28 heavy (non-hydrogen) atoms. The predicted octanol–water partition coefficient (Wildman–Crippen LogP) is 1.88. The minimum atomic E-state index is 0.474. The van der Waals surface area contributed by atoms with Crippen molar-refractivity contribution >= 4 is 5.96 Å². The summed E-state index contributed by atoms with van der Waals surface area (Å²) in [7, 11) is 2.01. The van der Waals surface area contributed by atoms with E-state index in [1.54, 1.807) is 0 Å². The van der Waals surface area contributed by atoms with Gasteiger partial charge in [0, 0.05) is 45.0 Å². The van der Waals surface area contributed by atoms with Gasteiger partial charge in [0.2, 0.25) is 0 Å². The average Bonchev–Trinajstić information content (AvgIpc) is 2.91. The second kappa shape index (κ2) is 11.4. The van der Waals surface area contributed by atoms with Crippen LogP contribution in [0.4, 0.5) is 0 Å². The van der Waals surface area contributed by atoms with E-state index in [-0.39, 0.29) is 0 Å². The molecule has 0 aromatic carbocycles. The number of hydrogen-bond acceptors (Lipinski definition) is 4. The molecule has 1 aromatic heterocycles. The van der Waals surface area contributed by atoms with Gasteiger partial charge < -0.3 is 15.4 Å². The third-order valence-corrected chi connectivity index (χ3v) is 5.44. The molecular weight excluding hydrogens is 352 g/mol. The number of aromatic nitrogens is 2. The van der Waals surface area contributed by atoms with Crippen LogP contribution in [0.5, 0.6) is 0 Å². The lowest BCUT2D eigenvalue weighted by atomic mass is 10.0. The highest BCUT2D eigenvalue weighted by atomic mass is 16.5. The van der Waals surface area contributed by atoms with E-state index < -0.39 is 0 Å². The zero-order valence-electron chi connectivity index (χ0n) is 18.7. The molecule has 1 aliphatic rings. The SMILES string of the molecule is CCNC(=NCC(CC(C)C)N1CCOCC1)NCCc1c(C)nn(C)c1C. The van der Waals surface area contributed by atoms with Gasteiger partial charge in [0.25, 0.3) is 0 Å². The maximum Gasteiger partial charge on any atom is 0.191 e. The van der Waals surface area contributed by atoms with Crippen LogP contribution in [0.25, 0.3) is 0 Å². The van der Waals surface area contributed by atoms with Gasteiger partial charge in [-0.15, -0.1) is 0 Å². The molecule has 2 rings (SSSR count). The smallest absolute Gasteiger partial charge is 0.191 e. The van der Waals surface area contributed by atoms with Crippen LogP contribution in [-0.4, -0.2) is 72.6 Å². The third-order valence-electron chi connectivity index (χ3n) is 5.44. The highest BCUT2D eigenvalue weighted by Gasteiger charge is 2.21. The maximum absolute atomic E-state index is 5.53. The third kappa shape index (κ3) is 6.78. The van der Waals surface area contributed by atoms with Gasteiger partial charge in [0.05, 0.1) is 25.5 Å². The molecule has 0 saturated carbocycles. The number of morpholine rings is 1. The molecule has 0 radical (unpaired) electrons. The fourth-order valence-electron chi connectivity index (χ4n) is 3.85. The molecule has 1 atom stereocenters. The molecule has 1 saturated heterocycles. The van der Waals surface area contributed by atoms with Crippen molar-refractivity contribution in [2.24, 2.45) is 18.0 Å². The van der Waals surface area contributed by atoms with Crippen LogP contribution in [0.3, 0.4) is 0 Å². The molecule has 1 unspecified atom stereocenters. The monoisotopic (exact) mass is 392 g/mol. The minimum absolute atomic E-state index is 0.474. The van der Waals surface area contributed by atoms with E-state index in [0.29, 0.717) is 12.0 Å². The molecule has 2 N–H and O–H groups in total. The van der Waals surface area contributed by atoms with Crippen LogP contribution >= 0.6 is 0 Å². The first-order chi connectivity index (χ1) is 13.4. The molecular formula is C21H40N6O. The van der Waals surface area contributed by atoms with Gasteiger partial charge in [-0.1, -0.05) is 13.8 Å². The van der Waals surface area contributed by atoms with Crippen molar-refractivity contribution < 1.29 is 4.74 Å². The number of rotatable bonds is 9. The van der Waals surface area contributed by atoms with Crippen LogP contribution in [0.15, 0.2) is 4.99 Å². The van der Waals surface area contributed by atoms with Crippen molar-refractivity contribution in [3.05, 3.63) is 17.0 Å². The predicted molar refractivity (Wildman–Crippen MR) is 116 cm³/mol. The number of nitrogens with one attached hydrogen (secondary N) is 2. The Kier molecular flexibility index (Phi) is 9.25. The van der Waals surface area contributed by atoms with Gasteiger partial charge in [-0.3, -0.25) is 14.6 Å². The van der Waals surface area contributed by atoms with E-state index in [1.807, 2.05) is 11.7 Å². The molecule has 2 heterocycles. The molecule has 0 amide bonds. The lowest BCUT2D eigenvalue weighted by molar-refractivity contribution is 0.0143. The first-order valence-electron chi connectivity index (χ1n) is 10.7. The number of ether oxygens (including phenoxy) is 1. The average molecular weight is 393 g/mol. The summed E-state index contributed by atoms with van der Waals surface area (Å²) in [5, 5.41) is 11.4. The first-order valence-corrected chi connectivity index (χ1v) is 10.7. The molecule has 1 aliphatic heterocycles. The van der Waals surface area contributed by atoms with E-state index in [1.165, 1.54) is 11.3 Å². The van der Waals surface area contributed by atoms with Gasteiger partial charge in [-0.2, -0.15) is 5.10 Å². The fraction of sp³-hybridized carbons (Fsp3) is 0.810. The molecule has 1 fully saturated rings. The highest BCUT2D eigenvalue weighted by molar-refractivity contribution is 5.79. The van der Waals surface area contributed by atoms with Crippen LogP contribution in [0.2, 0.25) is 0 Å². The number of aliphatic imine (C=N–C) groups is 1. The summed E-state index contributed by atoms with van der Waals surface area (Å²) < 4.78 is 7.49. The summed E-state index contributed by atoms with van der Waals surface area (Å²) >= 11 is 0. The van der Waals surface area contributed by atoms with Crippen molar-refractivity contribution in [3.8, 4) is 0 Å². The van der Waals surface area contributed by atoms with Gasteiger partial charge in [-0.25, -0.2) is 0 Å². The van der Waals surface area contributed by atoms with Crippen LogP contribution in [0.1, 0.15) is 44.1 Å². The molecule has 0 bridgehead atoms. The Hall–Kier alpha value is -1.60. The molecule has 7 heteroatoms. The van der Waals surface area contributed by atoms with Crippen LogP contribution < -0.4 is 10.6 Å². The number of nitrogens with zero attached hydrogens (tertiary/aromatic N) is 4. The topological polar surface area (TPSA) is 66.7 Å². The van der Waals surface area contributed by atoms with E-state index in [9.17, 15) is 0 Å². The summed E-state index contributed by atoms with van der Waals surface area (Å²) in [6.07, 6.45) is 2.12. The summed E-state index contributed by atoms with van der Waals surface area (Å²) in [6, 6.07) is 0.474. The van der Waals surface area contributed by atoms with Gasteiger partial charge in [-0.05, 0) is 45.1 Å². The van der Waals surface area contributed by atoms with Crippen molar-refractivity contribution in [2.45, 2.75) is 53.5 Å². The van der Waals surface area contributed by atoms with E-state index in [0.717, 1.165) is 70.4 Å². The highest BCUT2D eigenvalue weighted by Crippen LogP contribution is 2.14. The van der Waals surface area contributed by atoms with Gasteiger partial charge >= 0.3 is 0 Å². The normalized spacial score (nSPS) is 17.2. The molecule has 160 valence electrons. The standard InChI is InChI=1S/C21H40N6O/c1-7-22-21(23-9-8-20-17(4)25-26(6)18(20)5)24-15-19(14-16(2)3)27-10-12-28-13-11-27/h16,19H,7-15H2,1-6H3,(H2,22,23,24). The first kappa shape index (κ1) is 22.7. The van der Waals surface area contributed by atoms with E-state index >= 15 is 0 Å². The lowest BCUT2D eigenvalue weighted by Crippen LogP contribution is -2.46. The zero-order valence-corrected chi connectivity index (χ0v) is 18.7. The summed E-state index contributed by atoms with van der Waals surface area (Å²) in [4.78, 5) is 7.46. The molecule has 0 aliphatic carbocycles. The second-order valence-corrected chi connectivity index (χ2v) is 8.10. The molecule has 7 nitrogen and oxygen atoms in total. The second-order valence-electron chi connectivity index (χ2n) is 8.10. The number of aryl methyl sites for hydroxylation is 2. The van der Waals surface area contributed by atoms with Gasteiger partial charge in [0.1, 0.15) is 0 Å². The number of guanidine groups is 1. The van der Waals surface area contributed by atoms with Crippen LogP contribution in [-0.2, 0) is 18.2 Å². The fourth-order valence-corrected chi connectivity index (χ4v) is 3.85. The van der Waals surface area contributed by atoms with Crippen molar-refractivity contribution in [1.29, 1.82) is 0 Å². The largest absolute Gasteiger partial charge is 0.379 e. The summed E-state index contributed by atoms with van der Waals surface area (Å²) in [5.41, 5.74) is 3.69. The van der Waals surface area contributed by atoms with Crippen molar-refractivity contribution in [3.63, 3.8) is 0 Å². The Labute approximate surface area is 170 Å². The molecule has 0 spiro atoms. The van der Waals surface area contributed by atoms with Gasteiger partial charge in [0.15, 0.2) is 5.96 Å². The zero-order chi connectivity index (χ0) is 20.5. The maximum atomic E-state index is 5.53. The van der Waals surface area contributed by atoms with E-state index in [2.05, 4.69) is 55.3 Å². The van der Waals surface area contributed by atoms with Crippen molar-refractivity contribution in [1.82, 2.24) is 25.3 Å². The summed E-state index contributed by atoms with van der Waals surface area (Å²) in [6.45, 7) is 17.1. The minimum Gasteiger partial charge on any atom is -0.379 e. The quantitative estimate of drug-likeness (QED) is 0.496. The summed E-state index contributed by atoms with van der Waals surface area (Å²) in [5.74, 6) is 1.57. The van der Waals surface area contributed by atoms with E-state index in [4.69, 9.17) is 9.73 Å². The van der Waals surface area contributed by atoms with Crippen molar-refractivity contribution in [2.75, 3.05) is 45.9 Å². The Bertz CT molecular complexity index is 619. The Morgan fingerprint density at radius 2 is 1.93 bits per heavy atom. The lowest BCUT2D eigenvalue weighted by Gasteiger charge is -2.34. The number of hydrogen-bond donors (Lipinski definition) is 2. The Morgan fingerprint density at radius 3 is 2.50 bits per heavy atom. The Balaban J connectivity index is 1.94. The molecule has 1 aromatic rings.